The highest BCUT2D eigenvalue weighted by Crippen LogP contribution is 2.31. The Hall–Kier alpha value is -1.16. The molecule has 0 fully saturated rings. The van der Waals surface area contributed by atoms with Crippen LogP contribution in [0.3, 0.4) is 0 Å². The molecular weight excluding hydrogens is 429 g/mol. The van der Waals surface area contributed by atoms with Crippen LogP contribution < -0.4 is 5.43 Å². The molecule has 1 aromatic heterocycles. The molecule has 2 aromatic rings. The van der Waals surface area contributed by atoms with Crippen LogP contribution >= 0.6 is 22.6 Å². The molecule has 0 aliphatic rings. The lowest BCUT2D eigenvalue weighted by atomic mass is 10.0. The molecule has 0 unspecified atom stereocenters. The summed E-state index contributed by atoms with van der Waals surface area (Å²) in [7, 11) is 0. The number of halogens is 5. The van der Waals surface area contributed by atoms with Crippen LogP contribution in [0.4, 0.5) is 17.6 Å². The van der Waals surface area contributed by atoms with E-state index in [1.165, 1.54) is 0 Å². The minimum atomic E-state index is -4.83. The second kappa shape index (κ2) is 6.39. The van der Waals surface area contributed by atoms with Gasteiger partial charge in [-0.15, -0.1) is 0 Å². The van der Waals surface area contributed by atoms with Crippen LogP contribution in [0.1, 0.15) is 25.5 Å². The van der Waals surface area contributed by atoms with Crippen LogP contribution in [0.15, 0.2) is 23.1 Å². The zero-order chi connectivity index (χ0) is 17.5. The summed E-state index contributed by atoms with van der Waals surface area (Å²) < 4.78 is 54.5. The molecule has 1 N–H and O–H groups in total. The Kier molecular flexibility index (Phi) is 5.05. The van der Waals surface area contributed by atoms with Crippen molar-refractivity contribution in [2.45, 2.75) is 26.1 Å². The van der Waals surface area contributed by atoms with E-state index in [0.29, 0.717) is 6.20 Å². The number of aromatic nitrogens is 1. The van der Waals surface area contributed by atoms with Gasteiger partial charge in [-0.05, 0) is 40.6 Å². The highest BCUT2D eigenvalue weighted by Gasteiger charge is 2.36. The number of fused-ring (bicyclic) bond motifs is 1. The van der Waals surface area contributed by atoms with Gasteiger partial charge in [-0.3, -0.25) is 4.79 Å². The van der Waals surface area contributed by atoms with Gasteiger partial charge in [0, 0.05) is 15.2 Å². The molecule has 0 spiro atoms. The molecule has 8 heteroatoms. The molecule has 0 radical (unpaired) electrons. The summed E-state index contributed by atoms with van der Waals surface area (Å²) in [5.74, 6) is -0.847. The predicted molar refractivity (Wildman–Crippen MR) is 86.8 cm³/mol. The maximum absolute atomic E-state index is 13.9. The average molecular weight is 443 g/mol. The van der Waals surface area contributed by atoms with Crippen LogP contribution in [0.2, 0.25) is 0 Å². The third-order valence-corrected chi connectivity index (χ3v) is 4.52. The van der Waals surface area contributed by atoms with Crippen molar-refractivity contribution >= 4 is 33.5 Å². The van der Waals surface area contributed by atoms with Crippen molar-refractivity contribution in [3.63, 3.8) is 0 Å². The van der Waals surface area contributed by atoms with E-state index in [4.69, 9.17) is 0 Å². The van der Waals surface area contributed by atoms with Gasteiger partial charge >= 0.3 is 6.18 Å². The Labute approximate surface area is 143 Å². The van der Waals surface area contributed by atoms with Crippen molar-refractivity contribution in [3.8, 4) is 0 Å². The second-order valence-corrected chi connectivity index (χ2v) is 6.72. The van der Waals surface area contributed by atoms with E-state index in [1.54, 1.807) is 36.4 Å². The summed E-state index contributed by atoms with van der Waals surface area (Å²) in [5.41, 5.74) is -2.48. The Bertz CT molecular complexity index is 799. The molecule has 0 aliphatic heterocycles. The van der Waals surface area contributed by atoms with E-state index in [2.05, 4.69) is 0 Å². The second-order valence-electron chi connectivity index (χ2n) is 5.55. The van der Waals surface area contributed by atoms with Gasteiger partial charge in [0.25, 0.3) is 0 Å². The number of hydrogen-bond donors (Lipinski definition) is 1. The lowest BCUT2D eigenvalue weighted by molar-refractivity contribution is -0.138. The number of aliphatic hydroxyl groups is 1. The highest BCUT2D eigenvalue weighted by atomic mass is 127. The van der Waals surface area contributed by atoms with Gasteiger partial charge in [0.15, 0.2) is 0 Å². The number of aliphatic hydroxyl groups excluding tert-OH is 1. The number of rotatable bonds is 3. The fraction of sp³-hybridized carbons (Fsp3) is 0.400. The van der Waals surface area contributed by atoms with Crippen LogP contribution in [0.25, 0.3) is 10.9 Å². The Balaban J connectivity index is 2.97. The van der Waals surface area contributed by atoms with Crippen molar-refractivity contribution in [1.82, 2.24) is 4.57 Å². The average Bonchev–Trinajstić information content (AvgIpc) is 2.42. The highest BCUT2D eigenvalue weighted by molar-refractivity contribution is 14.1. The largest absolute Gasteiger partial charge is 0.421 e. The van der Waals surface area contributed by atoms with Gasteiger partial charge in [0.1, 0.15) is 11.4 Å². The number of nitrogens with zero attached hydrogens (tertiary/aromatic N) is 1. The van der Waals surface area contributed by atoms with Crippen molar-refractivity contribution < 1.29 is 22.7 Å². The summed E-state index contributed by atoms with van der Waals surface area (Å²) in [6.45, 7) is 3.02. The van der Waals surface area contributed by atoms with Crippen LogP contribution in [-0.2, 0) is 6.18 Å². The van der Waals surface area contributed by atoms with Crippen molar-refractivity contribution in [1.29, 1.82) is 0 Å². The van der Waals surface area contributed by atoms with Gasteiger partial charge in [-0.1, -0.05) is 13.8 Å². The molecular formula is C15H14F4INO2. The lowest BCUT2D eigenvalue weighted by Crippen LogP contribution is -2.27. The smallest absolute Gasteiger partial charge is 0.394 e. The Morgan fingerprint density at radius 3 is 2.39 bits per heavy atom. The van der Waals surface area contributed by atoms with Gasteiger partial charge < -0.3 is 9.67 Å². The predicted octanol–water partition coefficient (Wildman–Crippen LogP) is 3.95. The number of alkyl halides is 3. The van der Waals surface area contributed by atoms with Gasteiger partial charge in [-0.2, -0.15) is 13.2 Å². The van der Waals surface area contributed by atoms with E-state index in [0.717, 1.165) is 16.7 Å². The maximum atomic E-state index is 13.9. The molecule has 1 atom stereocenters. The maximum Gasteiger partial charge on any atom is 0.421 e. The van der Waals surface area contributed by atoms with E-state index in [-0.39, 0.29) is 20.4 Å². The number of hydrogen-bond acceptors (Lipinski definition) is 2. The molecule has 0 aliphatic carbocycles. The third-order valence-electron chi connectivity index (χ3n) is 3.69. The molecule has 2 rings (SSSR count). The van der Waals surface area contributed by atoms with Gasteiger partial charge in [0.05, 0.1) is 18.2 Å². The monoisotopic (exact) mass is 443 g/mol. The molecule has 0 amide bonds. The first-order chi connectivity index (χ1) is 10.6. The zero-order valence-electron chi connectivity index (χ0n) is 12.3. The summed E-state index contributed by atoms with van der Waals surface area (Å²) in [4.78, 5) is 12.2. The number of benzene rings is 1. The van der Waals surface area contributed by atoms with E-state index in [1.807, 2.05) is 0 Å². The normalized spacial score (nSPS) is 13.8. The molecule has 3 nitrogen and oxygen atoms in total. The van der Waals surface area contributed by atoms with Crippen LogP contribution in [0.5, 0.6) is 0 Å². The van der Waals surface area contributed by atoms with E-state index >= 15 is 0 Å². The minimum Gasteiger partial charge on any atom is -0.394 e. The molecule has 1 heterocycles. The molecule has 23 heavy (non-hydrogen) atoms. The van der Waals surface area contributed by atoms with Crippen LogP contribution in [0, 0.1) is 15.3 Å². The SMILES string of the molecule is CC(C)[C@H](CO)n1cc(C(F)(F)F)c(=O)c2cc(I)c(F)cc21. The fourth-order valence-corrected chi connectivity index (χ4v) is 2.91. The lowest BCUT2D eigenvalue weighted by Gasteiger charge is -2.25. The van der Waals surface area contributed by atoms with Crippen molar-refractivity contribution in [2.24, 2.45) is 5.92 Å². The van der Waals surface area contributed by atoms with Gasteiger partial charge in [-0.25, -0.2) is 4.39 Å². The number of pyridine rings is 1. The summed E-state index contributed by atoms with van der Waals surface area (Å²) in [5, 5.41) is 9.30. The summed E-state index contributed by atoms with van der Waals surface area (Å²) in [6, 6.07) is 1.43. The topological polar surface area (TPSA) is 42.2 Å². The zero-order valence-corrected chi connectivity index (χ0v) is 14.4. The molecule has 1 aromatic carbocycles. The summed E-state index contributed by atoms with van der Waals surface area (Å²) >= 11 is 1.62. The Morgan fingerprint density at radius 1 is 1.30 bits per heavy atom. The molecule has 0 saturated heterocycles. The van der Waals surface area contributed by atoms with E-state index in [9.17, 15) is 27.5 Å². The summed E-state index contributed by atoms with van der Waals surface area (Å²) in [6.07, 6.45) is -4.16. The third kappa shape index (κ3) is 3.37. The Morgan fingerprint density at radius 2 is 1.91 bits per heavy atom. The first-order valence-corrected chi connectivity index (χ1v) is 7.87. The first kappa shape index (κ1) is 18.2. The molecule has 126 valence electrons. The quantitative estimate of drug-likeness (QED) is 0.577. The van der Waals surface area contributed by atoms with Crippen LogP contribution in [-0.4, -0.2) is 16.3 Å². The molecule has 0 bridgehead atoms. The van der Waals surface area contributed by atoms with Crippen molar-refractivity contribution in [3.05, 3.63) is 43.5 Å². The van der Waals surface area contributed by atoms with E-state index < -0.39 is 35.6 Å². The van der Waals surface area contributed by atoms with Crippen molar-refractivity contribution in [2.75, 3.05) is 6.61 Å². The first-order valence-electron chi connectivity index (χ1n) is 6.79. The molecule has 0 saturated carbocycles. The minimum absolute atomic E-state index is 0.0358. The fourth-order valence-electron chi connectivity index (χ4n) is 2.44. The van der Waals surface area contributed by atoms with Gasteiger partial charge in [0.2, 0.25) is 5.43 Å². The standard InChI is InChI=1S/C15H14F4INO2/c1-7(2)13(6-22)21-5-9(15(17,18)19)14(23)8-3-11(20)10(16)4-12(8)21/h3-5,7,13,22H,6H2,1-2H3/t13-/m0/s1.